The lowest BCUT2D eigenvalue weighted by molar-refractivity contribution is -0.110. The summed E-state index contributed by atoms with van der Waals surface area (Å²) in [7, 11) is 0. The number of hydrogen-bond donors (Lipinski definition) is 3. The van der Waals surface area contributed by atoms with Gasteiger partial charge in [-0.15, -0.1) is 0 Å². The summed E-state index contributed by atoms with van der Waals surface area (Å²) >= 11 is 0. The Kier molecular flexibility index (Phi) is 5.81. The number of rotatable bonds is 6. The molecule has 3 aromatic rings. The van der Waals surface area contributed by atoms with Crippen molar-refractivity contribution in [3.63, 3.8) is 0 Å². The normalized spacial score (nSPS) is 13.9. The lowest BCUT2D eigenvalue weighted by Crippen LogP contribution is -2.24. The average Bonchev–Trinajstić information content (AvgIpc) is 3.28. The second kappa shape index (κ2) is 8.84. The number of aromatic nitrogens is 2. The number of benzene rings is 1. The molecular formula is C23H24N6O. The van der Waals surface area contributed by atoms with E-state index in [1.165, 1.54) is 12.8 Å². The number of nitrogens with two attached hydrogens (primary N) is 1. The molecule has 30 heavy (non-hydrogen) atoms. The van der Waals surface area contributed by atoms with Gasteiger partial charge in [-0.3, -0.25) is 25.1 Å². The number of anilines is 2. The minimum Gasteiger partial charge on any atom is -0.398 e. The van der Waals surface area contributed by atoms with Gasteiger partial charge in [-0.05, 0) is 61.8 Å². The third-order valence-electron chi connectivity index (χ3n) is 5.21. The Morgan fingerprint density at radius 1 is 1.10 bits per heavy atom. The second-order valence-electron chi connectivity index (χ2n) is 7.39. The smallest absolute Gasteiger partial charge is 0.274 e. The standard InChI is InChI=1S/C23H24N6O/c24-21-8-5-16(17-4-3-9-26-13-17)12-20(21)22(25)23(30)28-18-6-7-19(27-14-18)15-29-10-1-2-11-29/h3-9,12-14,25H,1-2,10-11,15,24H2,(H,28,30). The maximum absolute atomic E-state index is 12.6. The molecule has 1 fully saturated rings. The van der Waals surface area contributed by atoms with Gasteiger partial charge in [-0.2, -0.15) is 0 Å². The van der Waals surface area contributed by atoms with Crippen LogP contribution in [0.25, 0.3) is 11.1 Å². The first-order valence-corrected chi connectivity index (χ1v) is 9.97. The molecule has 1 amide bonds. The van der Waals surface area contributed by atoms with E-state index in [0.717, 1.165) is 36.5 Å². The molecule has 0 spiro atoms. The summed E-state index contributed by atoms with van der Waals surface area (Å²) in [6.07, 6.45) is 7.53. The zero-order valence-corrected chi connectivity index (χ0v) is 16.6. The van der Waals surface area contributed by atoms with Crippen molar-refractivity contribution < 1.29 is 4.79 Å². The number of nitrogens with zero attached hydrogens (tertiary/aromatic N) is 3. The van der Waals surface area contributed by atoms with Crippen LogP contribution in [0.4, 0.5) is 11.4 Å². The first-order valence-electron chi connectivity index (χ1n) is 9.97. The van der Waals surface area contributed by atoms with Gasteiger partial charge in [0.1, 0.15) is 5.71 Å². The van der Waals surface area contributed by atoms with Gasteiger partial charge < -0.3 is 11.1 Å². The minimum atomic E-state index is -0.529. The quantitative estimate of drug-likeness (QED) is 0.434. The van der Waals surface area contributed by atoms with Crippen molar-refractivity contribution in [2.45, 2.75) is 19.4 Å². The highest BCUT2D eigenvalue weighted by molar-refractivity contribution is 6.48. The van der Waals surface area contributed by atoms with Crippen LogP contribution in [-0.4, -0.2) is 39.6 Å². The molecule has 0 aliphatic carbocycles. The summed E-state index contributed by atoms with van der Waals surface area (Å²) in [6, 6.07) is 12.8. The van der Waals surface area contributed by atoms with Gasteiger partial charge >= 0.3 is 0 Å². The number of carbonyl (C=O) groups is 1. The highest BCUT2D eigenvalue weighted by Crippen LogP contribution is 2.24. The summed E-state index contributed by atoms with van der Waals surface area (Å²) in [5, 5.41) is 11.1. The van der Waals surface area contributed by atoms with Crippen LogP contribution in [0.3, 0.4) is 0 Å². The molecular weight excluding hydrogens is 376 g/mol. The SMILES string of the molecule is N=C(C(=O)Nc1ccc(CN2CCCC2)nc1)c1cc(-c2cccnc2)ccc1N. The van der Waals surface area contributed by atoms with Crippen LogP contribution < -0.4 is 11.1 Å². The lowest BCUT2D eigenvalue weighted by atomic mass is 10.00. The summed E-state index contributed by atoms with van der Waals surface area (Å²) in [5.74, 6) is -0.529. The maximum Gasteiger partial charge on any atom is 0.274 e. The number of hydrogen-bond acceptors (Lipinski definition) is 6. The number of nitrogen functional groups attached to an aromatic ring is 1. The van der Waals surface area contributed by atoms with E-state index < -0.39 is 5.91 Å². The van der Waals surface area contributed by atoms with Gasteiger partial charge in [-0.1, -0.05) is 12.1 Å². The zero-order valence-electron chi connectivity index (χ0n) is 16.6. The van der Waals surface area contributed by atoms with Crippen LogP contribution in [0, 0.1) is 5.41 Å². The minimum absolute atomic E-state index is 0.195. The number of amides is 1. The van der Waals surface area contributed by atoms with Crippen molar-refractivity contribution in [3.05, 3.63) is 72.3 Å². The molecule has 0 bridgehead atoms. The third kappa shape index (κ3) is 4.52. The van der Waals surface area contributed by atoms with Crippen LogP contribution in [0.1, 0.15) is 24.1 Å². The van der Waals surface area contributed by atoms with Crippen molar-refractivity contribution >= 4 is 23.0 Å². The van der Waals surface area contributed by atoms with Gasteiger partial charge in [0.15, 0.2) is 0 Å². The van der Waals surface area contributed by atoms with E-state index in [9.17, 15) is 4.79 Å². The maximum atomic E-state index is 12.6. The van der Waals surface area contributed by atoms with Crippen LogP contribution in [0.2, 0.25) is 0 Å². The molecule has 3 heterocycles. The molecule has 0 radical (unpaired) electrons. The topological polar surface area (TPSA) is 108 Å². The molecule has 1 aliphatic heterocycles. The molecule has 7 heteroatoms. The van der Waals surface area contributed by atoms with Gasteiger partial charge in [0.25, 0.3) is 5.91 Å². The Morgan fingerprint density at radius 3 is 2.63 bits per heavy atom. The molecule has 0 saturated carbocycles. The molecule has 1 aliphatic rings. The molecule has 7 nitrogen and oxygen atoms in total. The Balaban J connectivity index is 1.45. The van der Waals surface area contributed by atoms with E-state index in [1.807, 2.05) is 30.3 Å². The number of likely N-dealkylation sites (tertiary alicyclic amines) is 1. The van der Waals surface area contributed by atoms with Crippen molar-refractivity contribution in [1.82, 2.24) is 14.9 Å². The van der Waals surface area contributed by atoms with Crippen LogP contribution >= 0.6 is 0 Å². The van der Waals surface area contributed by atoms with E-state index in [0.29, 0.717) is 16.9 Å². The molecule has 4 rings (SSSR count). The van der Waals surface area contributed by atoms with Crippen molar-refractivity contribution in [3.8, 4) is 11.1 Å². The van der Waals surface area contributed by atoms with E-state index in [1.54, 1.807) is 30.7 Å². The van der Waals surface area contributed by atoms with E-state index in [4.69, 9.17) is 11.1 Å². The fourth-order valence-corrected chi connectivity index (χ4v) is 3.56. The number of pyridine rings is 2. The molecule has 1 aromatic carbocycles. The van der Waals surface area contributed by atoms with Crippen molar-refractivity contribution in [1.29, 1.82) is 5.41 Å². The molecule has 1 saturated heterocycles. The summed E-state index contributed by atoms with van der Waals surface area (Å²) < 4.78 is 0. The Labute approximate surface area is 175 Å². The number of nitrogens with one attached hydrogen (secondary N) is 2. The molecule has 0 unspecified atom stereocenters. The van der Waals surface area contributed by atoms with Gasteiger partial charge in [-0.25, -0.2) is 0 Å². The van der Waals surface area contributed by atoms with Crippen molar-refractivity contribution in [2.24, 2.45) is 0 Å². The second-order valence-corrected chi connectivity index (χ2v) is 7.39. The summed E-state index contributed by atoms with van der Waals surface area (Å²) in [6.45, 7) is 3.04. The monoisotopic (exact) mass is 400 g/mol. The highest BCUT2D eigenvalue weighted by Gasteiger charge is 2.17. The predicted octanol–water partition coefficient (Wildman–Crippen LogP) is 3.33. The predicted molar refractivity (Wildman–Crippen MR) is 118 cm³/mol. The molecule has 4 N–H and O–H groups in total. The first-order chi connectivity index (χ1) is 14.6. The summed E-state index contributed by atoms with van der Waals surface area (Å²) in [5.41, 5.74) is 9.87. The Morgan fingerprint density at radius 2 is 1.93 bits per heavy atom. The molecule has 152 valence electrons. The molecule has 0 atom stereocenters. The van der Waals surface area contributed by atoms with E-state index >= 15 is 0 Å². The molecule has 2 aromatic heterocycles. The van der Waals surface area contributed by atoms with Crippen LogP contribution in [-0.2, 0) is 11.3 Å². The van der Waals surface area contributed by atoms with Gasteiger partial charge in [0.05, 0.1) is 17.6 Å². The zero-order chi connectivity index (χ0) is 20.9. The van der Waals surface area contributed by atoms with E-state index in [2.05, 4.69) is 20.2 Å². The van der Waals surface area contributed by atoms with E-state index in [-0.39, 0.29) is 5.71 Å². The fourth-order valence-electron chi connectivity index (χ4n) is 3.56. The fraction of sp³-hybridized carbons (Fsp3) is 0.217. The largest absolute Gasteiger partial charge is 0.398 e. The number of carbonyl (C=O) groups excluding carboxylic acids is 1. The summed E-state index contributed by atoms with van der Waals surface area (Å²) in [4.78, 5) is 23.6. The Bertz CT molecular complexity index is 1040. The van der Waals surface area contributed by atoms with Gasteiger partial charge in [0, 0.05) is 35.8 Å². The Hall–Kier alpha value is -3.58. The lowest BCUT2D eigenvalue weighted by Gasteiger charge is -2.14. The van der Waals surface area contributed by atoms with Crippen molar-refractivity contribution in [2.75, 3.05) is 24.1 Å². The van der Waals surface area contributed by atoms with Gasteiger partial charge in [0.2, 0.25) is 0 Å². The first kappa shape index (κ1) is 19.7. The van der Waals surface area contributed by atoms with Crippen LogP contribution in [0.15, 0.2) is 61.1 Å². The highest BCUT2D eigenvalue weighted by atomic mass is 16.1. The van der Waals surface area contributed by atoms with Crippen LogP contribution in [0.5, 0.6) is 0 Å². The third-order valence-corrected chi connectivity index (χ3v) is 5.21. The average molecular weight is 400 g/mol.